The first-order valence-corrected chi connectivity index (χ1v) is 7.81. The third-order valence-electron chi connectivity index (χ3n) is 3.82. The fourth-order valence-electron chi connectivity index (χ4n) is 2.75. The van der Waals surface area contributed by atoms with Gasteiger partial charge in [0.1, 0.15) is 0 Å². The summed E-state index contributed by atoms with van der Waals surface area (Å²) in [7, 11) is 2.06. The van der Waals surface area contributed by atoms with Crippen LogP contribution in [0.1, 0.15) is 33.1 Å². The molecule has 6 heteroatoms. The molecule has 0 aromatic carbocycles. The zero-order chi connectivity index (χ0) is 15.8. The van der Waals surface area contributed by atoms with Crippen LogP contribution < -0.4 is 5.32 Å². The molecule has 2 amide bonds. The second kappa shape index (κ2) is 8.87. The Labute approximate surface area is 127 Å². The Morgan fingerprint density at radius 1 is 1.19 bits per heavy atom. The lowest BCUT2D eigenvalue weighted by molar-refractivity contribution is -0.138. The van der Waals surface area contributed by atoms with Gasteiger partial charge in [-0.15, -0.1) is 0 Å². The number of carboxylic acid groups (broad SMARTS) is 1. The Kier molecular flexibility index (Phi) is 7.50. The summed E-state index contributed by atoms with van der Waals surface area (Å²) < 4.78 is 0. The highest BCUT2D eigenvalue weighted by Gasteiger charge is 2.20. The summed E-state index contributed by atoms with van der Waals surface area (Å²) in [5.74, 6) is -0.370. The largest absolute Gasteiger partial charge is 0.481 e. The molecule has 1 aliphatic rings. The number of carboxylic acids is 1. The van der Waals surface area contributed by atoms with E-state index in [1.165, 1.54) is 0 Å². The number of nitrogens with zero attached hydrogens (tertiary/aromatic N) is 2. The van der Waals surface area contributed by atoms with Crippen LogP contribution >= 0.6 is 0 Å². The van der Waals surface area contributed by atoms with E-state index < -0.39 is 5.97 Å². The van der Waals surface area contributed by atoms with Crippen molar-refractivity contribution < 1.29 is 14.7 Å². The lowest BCUT2D eigenvalue weighted by atomic mass is 9.94. The molecule has 122 valence electrons. The minimum atomic E-state index is -0.800. The van der Waals surface area contributed by atoms with E-state index in [4.69, 9.17) is 5.11 Å². The smallest absolute Gasteiger partial charge is 0.317 e. The summed E-state index contributed by atoms with van der Waals surface area (Å²) in [6.45, 7) is 7.98. The number of amides is 2. The summed E-state index contributed by atoms with van der Waals surface area (Å²) in [6, 6.07) is -0.0653. The van der Waals surface area contributed by atoms with Crippen LogP contribution in [0.25, 0.3) is 0 Å². The minimum absolute atomic E-state index is 0.00102. The van der Waals surface area contributed by atoms with Gasteiger partial charge in [-0.1, -0.05) is 13.8 Å². The molecule has 1 rings (SSSR count). The van der Waals surface area contributed by atoms with E-state index in [1.807, 2.05) is 4.90 Å². The van der Waals surface area contributed by atoms with Crippen LogP contribution in [-0.4, -0.2) is 66.7 Å². The molecule has 1 aliphatic heterocycles. The fraction of sp³-hybridized carbons (Fsp3) is 0.867. The van der Waals surface area contributed by atoms with Gasteiger partial charge >= 0.3 is 12.0 Å². The van der Waals surface area contributed by atoms with Crippen LogP contribution in [-0.2, 0) is 4.79 Å². The topological polar surface area (TPSA) is 72.9 Å². The van der Waals surface area contributed by atoms with Gasteiger partial charge < -0.3 is 20.2 Å². The molecule has 21 heavy (non-hydrogen) atoms. The second-order valence-electron chi connectivity index (χ2n) is 6.42. The molecule has 0 aliphatic carbocycles. The molecule has 6 nitrogen and oxygen atoms in total. The average Bonchev–Trinajstić information content (AvgIpc) is 2.59. The van der Waals surface area contributed by atoms with E-state index in [0.717, 1.165) is 39.0 Å². The average molecular weight is 299 g/mol. The standard InChI is InChI=1S/C15H29N3O3/c1-12(2)9-13(10-14(19)20)11-16-15(21)18-6-4-5-17(3)7-8-18/h12-13H,4-11H2,1-3H3,(H,16,21)(H,19,20). The quantitative estimate of drug-likeness (QED) is 0.779. The van der Waals surface area contributed by atoms with Gasteiger partial charge in [0.2, 0.25) is 0 Å². The maximum absolute atomic E-state index is 12.2. The molecule has 1 heterocycles. The number of hydrogen-bond acceptors (Lipinski definition) is 3. The van der Waals surface area contributed by atoms with Gasteiger partial charge in [0.25, 0.3) is 0 Å². The van der Waals surface area contributed by atoms with Crippen molar-refractivity contribution >= 4 is 12.0 Å². The van der Waals surface area contributed by atoms with Crippen molar-refractivity contribution in [2.45, 2.75) is 33.1 Å². The Bertz CT molecular complexity index is 347. The molecule has 0 aromatic heterocycles. The summed E-state index contributed by atoms with van der Waals surface area (Å²) >= 11 is 0. The summed E-state index contributed by atoms with van der Waals surface area (Å²) in [6.07, 6.45) is 1.91. The van der Waals surface area contributed by atoms with Gasteiger partial charge in [0.15, 0.2) is 0 Å². The molecule has 1 fully saturated rings. The number of carbonyl (C=O) groups excluding carboxylic acids is 1. The summed E-state index contributed by atoms with van der Waals surface area (Å²) in [5, 5.41) is 11.9. The SMILES string of the molecule is CC(C)CC(CNC(=O)N1CCCN(C)CC1)CC(=O)O. The Morgan fingerprint density at radius 3 is 2.52 bits per heavy atom. The minimum Gasteiger partial charge on any atom is -0.481 e. The predicted molar refractivity (Wildman–Crippen MR) is 82.3 cm³/mol. The molecule has 1 saturated heterocycles. The van der Waals surface area contributed by atoms with Crippen LogP contribution in [0.3, 0.4) is 0 Å². The third kappa shape index (κ3) is 7.32. The molecule has 0 saturated carbocycles. The zero-order valence-corrected chi connectivity index (χ0v) is 13.5. The van der Waals surface area contributed by atoms with E-state index >= 15 is 0 Å². The number of nitrogens with one attached hydrogen (secondary N) is 1. The van der Waals surface area contributed by atoms with Crippen molar-refractivity contribution in [3.8, 4) is 0 Å². The van der Waals surface area contributed by atoms with Crippen LogP contribution in [0.2, 0.25) is 0 Å². The van der Waals surface area contributed by atoms with Crippen molar-refractivity contribution in [3.63, 3.8) is 0 Å². The number of aliphatic carboxylic acids is 1. The number of carbonyl (C=O) groups is 2. The molecule has 2 N–H and O–H groups in total. The highest BCUT2D eigenvalue weighted by atomic mass is 16.4. The molecule has 0 radical (unpaired) electrons. The van der Waals surface area contributed by atoms with E-state index in [2.05, 4.69) is 31.1 Å². The molecule has 0 aromatic rings. The third-order valence-corrected chi connectivity index (χ3v) is 3.82. The molecule has 0 bridgehead atoms. The Balaban J connectivity index is 2.42. The van der Waals surface area contributed by atoms with Gasteiger partial charge in [-0.2, -0.15) is 0 Å². The Morgan fingerprint density at radius 2 is 1.90 bits per heavy atom. The maximum Gasteiger partial charge on any atom is 0.317 e. The zero-order valence-electron chi connectivity index (χ0n) is 13.5. The highest BCUT2D eigenvalue weighted by molar-refractivity contribution is 5.74. The Hall–Kier alpha value is -1.30. The van der Waals surface area contributed by atoms with Crippen LogP contribution in [0, 0.1) is 11.8 Å². The first-order chi connectivity index (χ1) is 9.88. The summed E-state index contributed by atoms with van der Waals surface area (Å²) in [4.78, 5) is 27.1. The molecule has 1 atom stereocenters. The van der Waals surface area contributed by atoms with Gasteiger partial charge in [-0.25, -0.2) is 4.79 Å². The van der Waals surface area contributed by atoms with Gasteiger partial charge in [-0.3, -0.25) is 4.79 Å². The van der Waals surface area contributed by atoms with E-state index in [-0.39, 0.29) is 18.4 Å². The van der Waals surface area contributed by atoms with Crippen molar-refractivity contribution in [3.05, 3.63) is 0 Å². The molecule has 0 spiro atoms. The maximum atomic E-state index is 12.2. The highest BCUT2D eigenvalue weighted by Crippen LogP contribution is 2.15. The number of urea groups is 1. The number of hydrogen-bond donors (Lipinski definition) is 2. The van der Waals surface area contributed by atoms with Crippen LogP contribution in [0.4, 0.5) is 4.79 Å². The normalized spacial score (nSPS) is 18.4. The van der Waals surface area contributed by atoms with Gasteiger partial charge in [0, 0.05) is 32.6 Å². The van der Waals surface area contributed by atoms with Crippen LogP contribution in [0.15, 0.2) is 0 Å². The number of likely N-dealkylation sites (N-methyl/N-ethyl adjacent to an activating group) is 1. The van der Waals surface area contributed by atoms with Crippen molar-refractivity contribution in [2.24, 2.45) is 11.8 Å². The van der Waals surface area contributed by atoms with E-state index in [0.29, 0.717) is 12.5 Å². The van der Waals surface area contributed by atoms with Crippen molar-refractivity contribution in [1.29, 1.82) is 0 Å². The lowest BCUT2D eigenvalue weighted by Gasteiger charge is -2.23. The van der Waals surface area contributed by atoms with Crippen molar-refractivity contribution in [2.75, 3.05) is 39.8 Å². The van der Waals surface area contributed by atoms with Crippen LogP contribution in [0.5, 0.6) is 0 Å². The van der Waals surface area contributed by atoms with Gasteiger partial charge in [-0.05, 0) is 38.3 Å². The summed E-state index contributed by atoms with van der Waals surface area (Å²) in [5.41, 5.74) is 0. The monoisotopic (exact) mass is 299 g/mol. The lowest BCUT2D eigenvalue weighted by Crippen LogP contribution is -2.43. The van der Waals surface area contributed by atoms with Crippen molar-refractivity contribution in [1.82, 2.24) is 15.1 Å². The van der Waals surface area contributed by atoms with E-state index in [9.17, 15) is 9.59 Å². The van der Waals surface area contributed by atoms with E-state index in [1.54, 1.807) is 0 Å². The fourth-order valence-corrected chi connectivity index (χ4v) is 2.75. The first-order valence-electron chi connectivity index (χ1n) is 7.81. The number of rotatable bonds is 6. The first kappa shape index (κ1) is 17.8. The predicted octanol–water partition coefficient (Wildman–Crippen LogP) is 1.47. The molecular formula is C15H29N3O3. The second-order valence-corrected chi connectivity index (χ2v) is 6.42. The van der Waals surface area contributed by atoms with Gasteiger partial charge in [0.05, 0.1) is 0 Å². The molecular weight excluding hydrogens is 270 g/mol. The molecule has 1 unspecified atom stereocenters.